The number of aromatic nitrogens is 3. The number of cyclic esters (lactones) is 1. The zero-order valence-electron chi connectivity index (χ0n) is 42.7. The van der Waals surface area contributed by atoms with Crippen LogP contribution in [0.25, 0.3) is 0 Å². The number of esters is 1. The highest BCUT2D eigenvalue weighted by Crippen LogP contribution is 2.40. The minimum atomic E-state index is -2.41. The van der Waals surface area contributed by atoms with Crippen LogP contribution in [0, 0.1) is 53.3 Å². The van der Waals surface area contributed by atoms with Crippen molar-refractivity contribution in [3.63, 3.8) is 0 Å². The third kappa shape index (κ3) is 11.8. The molecule has 6 bridgehead atoms. The Kier molecular flexibility index (Phi) is 17.6. The minimum absolute atomic E-state index is 0.0596. The number of hydrogen-bond donors (Lipinski definition) is 3. The van der Waals surface area contributed by atoms with Gasteiger partial charge in [-0.05, 0) is 133 Å². The van der Waals surface area contributed by atoms with E-state index in [0.717, 1.165) is 16.6 Å². The summed E-state index contributed by atoms with van der Waals surface area (Å²) in [5.74, 6) is -8.53. The Balaban J connectivity index is 1.30. The summed E-state index contributed by atoms with van der Waals surface area (Å²) in [6.07, 6.45) is 11.3. The third-order valence-corrected chi connectivity index (χ3v) is 16.6. The lowest BCUT2D eigenvalue weighted by molar-refractivity contribution is -0.264. The molecule has 1 aliphatic carbocycles. The van der Waals surface area contributed by atoms with Crippen molar-refractivity contribution in [3.8, 4) is 0 Å². The van der Waals surface area contributed by atoms with Crippen LogP contribution in [-0.4, -0.2) is 107 Å². The number of ether oxygens (including phenoxy) is 2. The van der Waals surface area contributed by atoms with Gasteiger partial charge in [0.2, 0.25) is 5.79 Å². The maximum absolute atomic E-state index is 14.1. The van der Waals surface area contributed by atoms with Gasteiger partial charge in [0.1, 0.15) is 17.6 Å². The Morgan fingerprint density at radius 1 is 0.768 bits per heavy atom. The highest BCUT2D eigenvalue weighted by atomic mass is 16.6. The lowest BCUT2D eigenvalue weighted by atomic mass is 9.72. The van der Waals surface area contributed by atoms with Crippen molar-refractivity contribution < 1.29 is 48.8 Å². The quantitative estimate of drug-likeness (QED) is 0.179. The van der Waals surface area contributed by atoms with E-state index in [1.165, 1.54) is 28.2 Å². The maximum atomic E-state index is 14.1. The molecule has 16 nitrogen and oxygen atoms in total. The van der Waals surface area contributed by atoms with Crippen molar-refractivity contribution in [2.75, 3.05) is 13.2 Å². The number of amides is 1. The third-order valence-electron chi connectivity index (χ3n) is 16.6. The van der Waals surface area contributed by atoms with E-state index in [9.17, 15) is 48.9 Å². The van der Waals surface area contributed by atoms with Crippen molar-refractivity contribution >= 4 is 29.2 Å². The predicted octanol–water partition coefficient (Wildman–Crippen LogP) is 5.56. The summed E-state index contributed by atoms with van der Waals surface area (Å²) in [6.45, 7) is 16.4. The fourth-order valence-corrected chi connectivity index (χ4v) is 12.0. The van der Waals surface area contributed by atoms with E-state index in [4.69, 9.17) is 9.47 Å². The number of nitrogens with zero attached hydrogens (tertiary/aromatic N) is 4. The molecule has 1 aromatic rings. The van der Waals surface area contributed by atoms with E-state index in [1.54, 1.807) is 33.8 Å². The first-order chi connectivity index (χ1) is 32.4. The first kappa shape index (κ1) is 54.1. The zero-order chi connectivity index (χ0) is 50.8. The Bertz CT molecular complexity index is 2290. The number of carbonyl (C=O) groups is 5. The van der Waals surface area contributed by atoms with Crippen LogP contribution in [0.1, 0.15) is 151 Å². The van der Waals surface area contributed by atoms with Gasteiger partial charge in [-0.2, -0.15) is 0 Å². The van der Waals surface area contributed by atoms with Gasteiger partial charge < -0.3 is 29.7 Å². The lowest BCUT2D eigenvalue weighted by Crippen LogP contribution is -2.60. The Hall–Kier alpha value is -4.25. The van der Waals surface area contributed by atoms with Gasteiger partial charge in [0.15, 0.2) is 0 Å². The maximum Gasteiger partial charge on any atom is 0.347 e. The summed E-state index contributed by atoms with van der Waals surface area (Å²) < 4.78 is 16.0. The van der Waals surface area contributed by atoms with Crippen molar-refractivity contribution in [1.82, 2.24) is 18.8 Å². The fraction of sp³-hybridized carbons (Fsp3) is 0.755. The summed E-state index contributed by atoms with van der Waals surface area (Å²) in [7, 11) is 1.43. The van der Waals surface area contributed by atoms with Crippen LogP contribution in [0.15, 0.2) is 45.0 Å². The molecule has 384 valence electrons. The number of aliphatic hydroxyl groups is 3. The minimum Gasteiger partial charge on any atom is -0.464 e. The molecule has 1 saturated carbocycles. The molecule has 16 atom stereocenters. The van der Waals surface area contributed by atoms with E-state index in [2.05, 4.69) is 0 Å². The summed E-state index contributed by atoms with van der Waals surface area (Å²) in [5.41, 5.74) is 0.370. The normalized spacial score (nSPS) is 40.1. The predicted molar refractivity (Wildman–Crippen MR) is 259 cm³/mol. The fourth-order valence-electron chi connectivity index (χ4n) is 12.0. The van der Waals surface area contributed by atoms with Crippen LogP contribution in [0.4, 0.5) is 0 Å². The van der Waals surface area contributed by atoms with Crippen molar-refractivity contribution in [3.05, 3.63) is 56.4 Å². The SMILES string of the molecule is CC(=O)C1/C=C(\C)[C@@H](O)[C@@H](C)C(=O)[C@H](C)C[C@H](C)C2C=CC(/C=C(\C)[C@@H](C)C[C@@H]3CC[C@@H](C)[C@@](O)(O3)C(=O)C(=O)N3CCCC[C@H]3C(=O)OC[C@H](C)C[C@@H]3CC[C@@H](O)[C@H](C1)C3)n1c(=O)n(C)c(=O)n12. The molecule has 6 rings (SSSR count). The summed E-state index contributed by atoms with van der Waals surface area (Å²) in [4.78, 5) is 97.8. The first-order valence-corrected chi connectivity index (χ1v) is 25.7. The molecule has 4 aliphatic heterocycles. The number of fused-ring (bicyclic) bond motifs is 10. The van der Waals surface area contributed by atoms with E-state index >= 15 is 0 Å². The van der Waals surface area contributed by atoms with E-state index in [1.807, 2.05) is 45.9 Å². The molecular formula is C53H80N4O12. The van der Waals surface area contributed by atoms with Crippen LogP contribution < -0.4 is 11.4 Å². The monoisotopic (exact) mass is 965 g/mol. The number of aliphatic hydroxyl groups excluding tert-OH is 2. The van der Waals surface area contributed by atoms with Gasteiger partial charge in [-0.3, -0.25) is 19.2 Å². The molecular weight excluding hydrogens is 885 g/mol. The molecule has 3 fully saturated rings. The first-order valence-electron chi connectivity index (χ1n) is 25.7. The Morgan fingerprint density at radius 3 is 2.16 bits per heavy atom. The van der Waals surface area contributed by atoms with Crippen molar-refractivity contribution in [2.24, 2.45) is 60.3 Å². The number of hydrogen-bond acceptors (Lipinski definition) is 12. The van der Waals surface area contributed by atoms with Gasteiger partial charge in [-0.25, -0.2) is 28.3 Å². The molecule has 3 unspecified atom stereocenters. The Morgan fingerprint density at radius 2 is 1.46 bits per heavy atom. The zero-order valence-corrected chi connectivity index (χ0v) is 42.7. The molecule has 0 spiro atoms. The smallest absolute Gasteiger partial charge is 0.347 e. The van der Waals surface area contributed by atoms with E-state index in [0.29, 0.717) is 76.2 Å². The second kappa shape index (κ2) is 22.4. The molecule has 1 amide bonds. The molecule has 5 aliphatic rings. The standard InChI is InChI=1S/C53H80N4O12/c1-29-21-38-15-19-45(59)40(26-38)27-39(37(9)58)23-34(6)47(61)36(8)46(60)33(5)22-32(4)43-18-16-41(56-51(65)54(10)52(66)57(43)56)24-30(2)31(3)25-42-17-14-35(7)53(67,69-42)48(62)49(63)55-20-12-11-13-44(55)50(64)68-28-29/h16,18,23-24,29,31-33,35-36,38-45,47,59,61,67H,11-15,17,19-22,25-28H2,1-10H3/b30-24+,34-23+/t29-,31+,32+,33-,35-,36+,38+,39?,40+,41?,42+,43?,44+,45-,47-,53-/m1/s1. The number of carbonyl (C=O) groups excluding carboxylic acids is 5. The number of rotatable bonds is 1. The molecule has 1 aromatic heterocycles. The summed E-state index contributed by atoms with van der Waals surface area (Å²) >= 11 is 0. The Labute approximate surface area is 407 Å². The summed E-state index contributed by atoms with van der Waals surface area (Å²) in [6, 6.07) is -2.18. The molecule has 0 aromatic carbocycles. The molecule has 3 N–H and O–H groups in total. The average Bonchev–Trinajstić information content (AvgIpc) is 3.54. The van der Waals surface area contributed by atoms with Gasteiger partial charge in [0.25, 0.3) is 11.7 Å². The van der Waals surface area contributed by atoms with Crippen LogP contribution in [0.2, 0.25) is 0 Å². The number of ketones is 3. The average molecular weight is 965 g/mol. The van der Waals surface area contributed by atoms with E-state index in [-0.39, 0.29) is 54.3 Å². The molecule has 0 radical (unpaired) electrons. The number of piperidine rings is 1. The van der Waals surface area contributed by atoms with Gasteiger partial charge in [-0.1, -0.05) is 71.4 Å². The van der Waals surface area contributed by atoms with Gasteiger partial charge in [-0.15, -0.1) is 0 Å². The lowest BCUT2D eigenvalue weighted by Gasteiger charge is -2.42. The largest absolute Gasteiger partial charge is 0.464 e. The molecule has 69 heavy (non-hydrogen) atoms. The van der Waals surface area contributed by atoms with Crippen LogP contribution in [-0.2, 0) is 40.5 Å². The molecule has 5 heterocycles. The highest BCUT2D eigenvalue weighted by molar-refractivity contribution is 6.39. The van der Waals surface area contributed by atoms with Crippen LogP contribution >= 0.6 is 0 Å². The van der Waals surface area contributed by atoms with Crippen molar-refractivity contribution in [1.29, 1.82) is 0 Å². The van der Waals surface area contributed by atoms with E-state index < -0.39 is 94.9 Å². The van der Waals surface area contributed by atoms with Crippen LogP contribution in [0.3, 0.4) is 0 Å². The topological polar surface area (TPSA) is 217 Å². The molecule has 16 heteroatoms. The van der Waals surface area contributed by atoms with Crippen LogP contribution in [0.5, 0.6) is 0 Å². The second-order valence-corrected chi connectivity index (χ2v) is 22.1. The van der Waals surface area contributed by atoms with Crippen molar-refractivity contribution in [2.45, 2.75) is 182 Å². The van der Waals surface area contributed by atoms with Gasteiger partial charge in [0, 0.05) is 37.3 Å². The van der Waals surface area contributed by atoms with Gasteiger partial charge in [0.05, 0.1) is 37.0 Å². The molecule has 2 saturated heterocycles. The highest BCUT2D eigenvalue weighted by Gasteiger charge is 2.53. The second-order valence-electron chi connectivity index (χ2n) is 22.1. The number of allylic oxidation sites excluding steroid dienone is 5. The summed E-state index contributed by atoms with van der Waals surface area (Å²) in [5, 5.41) is 34.7. The van der Waals surface area contributed by atoms with Gasteiger partial charge >= 0.3 is 17.3 Å². The number of Topliss-reactive ketones (excluding diaryl/α,β-unsaturated/α-hetero) is 3.